The fourth-order valence-electron chi connectivity index (χ4n) is 0.763. The average Bonchev–Trinajstić information content (AvgIpc) is 1.63. The Morgan fingerprint density at radius 1 is 1.00 bits per heavy atom. The first-order chi connectivity index (χ1) is 4.13. The summed E-state index contributed by atoms with van der Waals surface area (Å²) in [5.41, 5.74) is 0. The van der Waals surface area contributed by atoms with Crippen LogP contribution >= 0.6 is 0 Å². The Labute approximate surface area is 87.0 Å². The first-order valence-electron chi connectivity index (χ1n) is 3.94. The standard InChI is InChI=1S/2C4H9.Al.Li.2H/c2*1-4(2)3;;;;/h2*4H,1H2,2-3H3;;;;/q;;2*+1;2*-1. The second kappa shape index (κ2) is 8.23. The van der Waals surface area contributed by atoms with Crippen LogP contribution in [0.2, 0.25) is 10.6 Å². The minimum Gasteiger partial charge on any atom is -1.00 e. The van der Waals surface area contributed by atoms with Crippen LogP contribution in [-0.4, -0.2) is 15.2 Å². The molecule has 0 amide bonds. The van der Waals surface area contributed by atoms with Crippen LogP contribution in [-0.2, 0) is 0 Å². The largest absolute Gasteiger partial charge is 1.00 e. The minimum absolute atomic E-state index is 0. The second-order valence-electron chi connectivity index (χ2n) is 3.55. The Morgan fingerprint density at radius 3 is 1.50 bits per heavy atom. The van der Waals surface area contributed by atoms with Crippen LogP contribution in [0, 0.1) is 11.8 Å². The van der Waals surface area contributed by atoms with Crippen molar-refractivity contribution in [3.8, 4) is 0 Å². The quantitative estimate of drug-likeness (QED) is 0.497. The molecular formula is C8H20AlLi. The van der Waals surface area contributed by atoms with E-state index in [2.05, 4.69) is 27.7 Å². The molecule has 0 nitrogen and oxygen atoms in total. The van der Waals surface area contributed by atoms with E-state index in [0.29, 0.717) is 0 Å². The van der Waals surface area contributed by atoms with Crippen molar-refractivity contribution in [3.05, 3.63) is 0 Å². The van der Waals surface area contributed by atoms with Gasteiger partial charge in [-0.05, 0) is 0 Å². The fraction of sp³-hybridized carbons (Fsp3) is 1.00. The van der Waals surface area contributed by atoms with E-state index in [1.165, 1.54) is 10.6 Å². The van der Waals surface area contributed by atoms with Gasteiger partial charge in [0.1, 0.15) is 0 Å². The average molecular weight is 150 g/mol. The predicted molar refractivity (Wildman–Crippen MR) is 47.3 cm³/mol. The van der Waals surface area contributed by atoms with E-state index in [4.69, 9.17) is 0 Å². The maximum absolute atomic E-state index is 2.31. The first-order valence-corrected chi connectivity index (χ1v) is 5.58. The summed E-state index contributed by atoms with van der Waals surface area (Å²) in [5.74, 6) is 1.86. The summed E-state index contributed by atoms with van der Waals surface area (Å²) in [6.07, 6.45) is 0. The molecule has 0 aliphatic carbocycles. The van der Waals surface area contributed by atoms with Crippen LogP contribution < -0.4 is 18.9 Å². The Kier molecular flexibility index (Phi) is 11.3. The van der Waals surface area contributed by atoms with Gasteiger partial charge in [-0.2, -0.15) is 0 Å². The van der Waals surface area contributed by atoms with Gasteiger partial charge >= 0.3 is 84.2 Å². The summed E-state index contributed by atoms with van der Waals surface area (Å²) in [5, 5.41) is 2.97. The third kappa shape index (κ3) is 11.9. The summed E-state index contributed by atoms with van der Waals surface area (Å²) in [6.45, 7) is 9.25. The van der Waals surface area contributed by atoms with E-state index in [0.717, 1.165) is 27.1 Å². The van der Waals surface area contributed by atoms with E-state index >= 15 is 0 Å². The Bertz CT molecular complexity index is 62.1. The van der Waals surface area contributed by atoms with Gasteiger partial charge in [-0.3, -0.25) is 0 Å². The van der Waals surface area contributed by atoms with Crippen LogP contribution in [0.5, 0.6) is 0 Å². The molecule has 0 radical (unpaired) electrons. The molecule has 0 aromatic carbocycles. The molecule has 0 aromatic heterocycles. The number of hydrogen-bond acceptors (Lipinski definition) is 0. The zero-order chi connectivity index (χ0) is 7.28. The molecule has 0 atom stereocenters. The molecule has 0 N–H and O–H groups in total. The van der Waals surface area contributed by atoms with E-state index in [1.54, 1.807) is 0 Å². The summed E-state index contributed by atoms with van der Waals surface area (Å²) in [7, 11) is 0. The number of rotatable bonds is 4. The zero-order valence-corrected chi connectivity index (χ0v) is 9.30. The summed E-state index contributed by atoms with van der Waals surface area (Å²) >= 11 is 0.755. The zero-order valence-electron chi connectivity index (χ0n) is 10.1. The van der Waals surface area contributed by atoms with Crippen LogP contribution in [0.15, 0.2) is 0 Å². The first kappa shape index (κ1) is 13.7. The Morgan fingerprint density at radius 2 is 1.30 bits per heavy atom. The molecule has 0 aromatic rings. The van der Waals surface area contributed by atoms with Gasteiger partial charge in [0.15, 0.2) is 0 Å². The molecule has 56 valence electrons. The fourth-order valence-corrected chi connectivity index (χ4v) is 2.29. The molecule has 0 aliphatic heterocycles. The van der Waals surface area contributed by atoms with Gasteiger partial charge in [-0.25, -0.2) is 0 Å². The summed E-state index contributed by atoms with van der Waals surface area (Å²) < 4.78 is 0. The maximum Gasteiger partial charge on any atom is 1.00 e. The summed E-state index contributed by atoms with van der Waals surface area (Å²) in [6, 6.07) is 0. The molecule has 0 fully saturated rings. The van der Waals surface area contributed by atoms with Crippen LogP contribution in [0.3, 0.4) is 0 Å². The summed E-state index contributed by atoms with van der Waals surface area (Å²) in [4.78, 5) is 0. The molecule has 0 spiro atoms. The van der Waals surface area contributed by atoms with Crippen molar-refractivity contribution < 1.29 is 21.7 Å². The van der Waals surface area contributed by atoms with Crippen LogP contribution in [0.1, 0.15) is 30.5 Å². The van der Waals surface area contributed by atoms with Crippen molar-refractivity contribution in [1.82, 2.24) is 0 Å². The molecule has 0 bridgehead atoms. The third-order valence-electron chi connectivity index (χ3n) is 1.28. The van der Waals surface area contributed by atoms with Gasteiger partial charge in [0.2, 0.25) is 0 Å². The van der Waals surface area contributed by atoms with Gasteiger partial charge < -0.3 is 2.85 Å². The van der Waals surface area contributed by atoms with E-state index < -0.39 is 0 Å². The topological polar surface area (TPSA) is 0 Å². The normalized spacial score (nSPS) is 9.40. The molecular weight excluding hydrogens is 130 g/mol. The third-order valence-corrected chi connectivity index (χ3v) is 3.83. The van der Waals surface area contributed by atoms with Crippen LogP contribution in [0.25, 0.3) is 0 Å². The molecule has 0 saturated heterocycles. The predicted octanol–water partition coefficient (Wildman–Crippen LogP) is 0.0682. The van der Waals surface area contributed by atoms with Crippen molar-refractivity contribution in [2.24, 2.45) is 11.8 Å². The van der Waals surface area contributed by atoms with Gasteiger partial charge in [0, 0.05) is 0 Å². The smallest absolute Gasteiger partial charge is 1.00 e. The molecule has 2 heteroatoms. The monoisotopic (exact) mass is 150 g/mol. The van der Waals surface area contributed by atoms with E-state index in [-0.39, 0.29) is 21.7 Å². The molecule has 10 heavy (non-hydrogen) atoms. The maximum atomic E-state index is 2.31. The molecule has 0 aliphatic rings. The van der Waals surface area contributed by atoms with Crippen molar-refractivity contribution >= 4 is 15.2 Å². The van der Waals surface area contributed by atoms with Crippen molar-refractivity contribution in [1.29, 1.82) is 0 Å². The van der Waals surface area contributed by atoms with Gasteiger partial charge in [0.05, 0.1) is 0 Å². The van der Waals surface area contributed by atoms with Crippen molar-refractivity contribution in [3.63, 3.8) is 0 Å². The SMILES string of the molecule is CC(C)[CH2][Al+][CH2]C(C)C.[H-].[H-].[Li+]. The molecule has 0 heterocycles. The Hall–Kier alpha value is 1.13. The molecule has 0 rings (SSSR count). The van der Waals surface area contributed by atoms with Crippen LogP contribution in [0.4, 0.5) is 0 Å². The molecule has 0 saturated carbocycles. The second-order valence-corrected chi connectivity index (χ2v) is 5.07. The molecule has 0 unspecified atom stereocenters. The minimum atomic E-state index is 0. The van der Waals surface area contributed by atoms with Crippen molar-refractivity contribution in [2.75, 3.05) is 0 Å². The van der Waals surface area contributed by atoms with E-state index in [9.17, 15) is 0 Å². The van der Waals surface area contributed by atoms with Gasteiger partial charge in [-0.1, -0.05) is 0 Å². The van der Waals surface area contributed by atoms with Gasteiger partial charge in [0.25, 0.3) is 0 Å². The van der Waals surface area contributed by atoms with Crippen molar-refractivity contribution in [2.45, 2.75) is 38.3 Å². The van der Waals surface area contributed by atoms with Gasteiger partial charge in [-0.15, -0.1) is 0 Å². The van der Waals surface area contributed by atoms with E-state index in [1.807, 2.05) is 0 Å². The Balaban J connectivity index is -0.000000107. The number of hydrogen-bond donors (Lipinski definition) is 0.